The van der Waals surface area contributed by atoms with Crippen LogP contribution in [0.3, 0.4) is 0 Å². The van der Waals surface area contributed by atoms with E-state index in [-0.39, 0.29) is 17.0 Å². The Morgan fingerprint density at radius 1 is 1.06 bits per heavy atom. The minimum atomic E-state index is -0.341. The number of rotatable bonds is 6. The molecular weight excluding hydrogens is 491 g/mol. The molecule has 0 atom stereocenters. The van der Waals surface area contributed by atoms with Gasteiger partial charge in [-0.2, -0.15) is 0 Å². The van der Waals surface area contributed by atoms with E-state index in [4.69, 9.17) is 0 Å². The first-order valence-electron chi connectivity index (χ1n) is 10.3. The Hall–Kier alpha value is -2.64. The van der Waals surface area contributed by atoms with Crippen molar-refractivity contribution in [2.24, 2.45) is 0 Å². The summed E-state index contributed by atoms with van der Waals surface area (Å²) >= 11 is 4.24. The van der Waals surface area contributed by atoms with Gasteiger partial charge in [-0.3, -0.25) is 14.5 Å². The Bertz CT molecular complexity index is 1220. The first kappa shape index (κ1) is 22.6. The SMILES string of the molecule is Cc1cc(/C=C2/SC(=O)N(CCCc3ccccc3)C2=O)c(C)n1-c1ccc(Br)cc1F. The van der Waals surface area contributed by atoms with Gasteiger partial charge in [0.05, 0.1) is 10.6 Å². The van der Waals surface area contributed by atoms with Crippen molar-refractivity contribution < 1.29 is 14.0 Å². The highest BCUT2D eigenvalue weighted by atomic mass is 79.9. The highest BCUT2D eigenvalue weighted by molar-refractivity contribution is 9.10. The van der Waals surface area contributed by atoms with Gasteiger partial charge in [0.1, 0.15) is 5.82 Å². The second-order valence-corrected chi connectivity index (χ2v) is 9.59. The van der Waals surface area contributed by atoms with Gasteiger partial charge < -0.3 is 4.57 Å². The maximum absolute atomic E-state index is 14.5. The van der Waals surface area contributed by atoms with Crippen LogP contribution in [-0.2, 0) is 11.2 Å². The van der Waals surface area contributed by atoms with E-state index in [1.165, 1.54) is 16.5 Å². The van der Waals surface area contributed by atoms with Gasteiger partial charge in [0.2, 0.25) is 0 Å². The van der Waals surface area contributed by atoms with Crippen LogP contribution in [0, 0.1) is 19.7 Å². The molecule has 0 N–H and O–H groups in total. The van der Waals surface area contributed by atoms with Crippen molar-refractivity contribution in [1.29, 1.82) is 0 Å². The zero-order valence-corrected chi connectivity index (χ0v) is 20.2. The van der Waals surface area contributed by atoms with Crippen molar-refractivity contribution in [3.8, 4) is 5.69 Å². The monoisotopic (exact) mass is 512 g/mol. The standard InChI is InChI=1S/C25H22BrFN2O2S/c1-16-13-19(17(2)29(16)22-11-10-20(26)15-21(22)27)14-23-24(30)28(25(31)32-23)12-6-9-18-7-4-3-5-8-18/h3-5,7-8,10-11,13-15H,6,9,12H2,1-2H3/b23-14+. The zero-order chi connectivity index (χ0) is 22.8. The third-order valence-corrected chi connectivity index (χ3v) is 6.87. The smallest absolute Gasteiger partial charge is 0.293 e. The lowest BCUT2D eigenvalue weighted by Crippen LogP contribution is -2.29. The summed E-state index contributed by atoms with van der Waals surface area (Å²) in [5.74, 6) is -0.612. The number of nitrogens with zero attached hydrogens (tertiary/aromatic N) is 2. The number of thioether (sulfide) groups is 1. The van der Waals surface area contributed by atoms with Crippen molar-refractivity contribution in [2.75, 3.05) is 6.54 Å². The molecule has 1 saturated heterocycles. The summed E-state index contributed by atoms with van der Waals surface area (Å²) in [6.45, 7) is 4.16. The molecule has 0 radical (unpaired) electrons. The van der Waals surface area contributed by atoms with Crippen LogP contribution >= 0.6 is 27.7 Å². The van der Waals surface area contributed by atoms with Crippen molar-refractivity contribution in [3.05, 3.63) is 92.3 Å². The summed E-state index contributed by atoms with van der Waals surface area (Å²) in [7, 11) is 0. The van der Waals surface area contributed by atoms with Crippen LogP contribution in [-0.4, -0.2) is 27.2 Å². The second kappa shape index (κ2) is 9.46. The lowest BCUT2D eigenvalue weighted by atomic mass is 10.1. The largest absolute Gasteiger partial charge is 0.315 e. The van der Waals surface area contributed by atoms with E-state index in [1.54, 1.807) is 18.2 Å². The van der Waals surface area contributed by atoms with E-state index in [2.05, 4.69) is 15.9 Å². The molecule has 4 rings (SSSR count). The van der Waals surface area contributed by atoms with Crippen LogP contribution in [0.1, 0.15) is 28.9 Å². The third kappa shape index (κ3) is 4.59. The molecule has 2 heterocycles. The molecule has 0 saturated carbocycles. The van der Waals surface area contributed by atoms with E-state index in [0.29, 0.717) is 28.0 Å². The van der Waals surface area contributed by atoms with Crippen molar-refractivity contribution >= 4 is 44.9 Å². The quantitative estimate of drug-likeness (QED) is 0.346. The number of hydrogen-bond acceptors (Lipinski definition) is 3. The van der Waals surface area contributed by atoms with E-state index in [0.717, 1.165) is 35.1 Å². The summed E-state index contributed by atoms with van der Waals surface area (Å²) < 4.78 is 17.0. The number of carbonyl (C=O) groups excluding carboxylic acids is 2. The summed E-state index contributed by atoms with van der Waals surface area (Å²) in [5.41, 5.74) is 4.07. The van der Waals surface area contributed by atoms with E-state index in [9.17, 15) is 14.0 Å². The van der Waals surface area contributed by atoms with Gasteiger partial charge in [-0.05, 0) is 79.9 Å². The average molecular weight is 513 g/mol. The van der Waals surface area contributed by atoms with Crippen LogP contribution in [0.25, 0.3) is 11.8 Å². The number of imide groups is 1. The number of benzene rings is 2. The maximum Gasteiger partial charge on any atom is 0.293 e. The van der Waals surface area contributed by atoms with Gasteiger partial charge in [0.25, 0.3) is 11.1 Å². The number of amides is 2. The van der Waals surface area contributed by atoms with E-state index >= 15 is 0 Å². The molecule has 0 spiro atoms. The van der Waals surface area contributed by atoms with Crippen LogP contribution in [0.4, 0.5) is 9.18 Å². The van der Waals surface area contributed by atoms with Gasteiger partial charge in [-0.1, -0.05) is 46.3 Å². The normalized spacial score (nSPS) is 15.2. The molecule has 4 nitrogen and oxygen atoms in total. The first-order valence-corrected chi connectivity index (χ1v) is 11.9. The zero-order valence-electron chi connectivity index (χ0n) is 17.8. The molecule has 1 aliphatic rings. The minimum Gasteiger partial charge on any atom is -0.315 e. The van der Waals surface area contributed by atoms with E-state index in [1.807, 2.05) is 54.8 Å². The predicted octanol–water partition coefficient (Wildman–Crippen LogP) is 6.66. The summed E-state index contributed by atoms with van der Waals surface area (Å²) in [4.78, 5) is 27.0. The molecule has 164 valence electrons. The van der Waals surface area contributed by atoms with Crippen LogP contribution in [0.2, 0.25) is 0 Å². The Kier molecular flexibility index (Phi) is 6.67. The third-order valence-electron chi connectivity index (χ3n) is 5.47. The fraction of sp³-hybridized carbons (Fsp3) is 0.200. The number of aromatic nitrogens is 1. The van der Waals surface area contributed by atoms with Gasteiger partial charge >= 0.3 is 0 Å². The minimum absolute atomic E-state index is 0.248. The van der Waals surface area contributed by atoms with Gasteiger partial charge in [-0.25, -0.2) is 4.39 Å². The Morgan fingerprint density at radius 2 is 1.81 bits per heavy atom. The summed E-state index contributed by atoms with van der Waals surface area (Å²) in [5, 5.41) is -0.248. The molecule has 0 bridgehead atoms. The Labute approximate surface area is 199 Å². The van der Waals surface area contributed by atoms with Crippen molar-refractivity contribution in [3.63, 3.8) is 0 Å². The molecular formula is C25H22BrFN2O2S. The van der Waals surface area contributed by atoms with Gasteiger partial charge in [0.15, 0.2) is 0 Å². The van der Waals surface area contributed by atoms with Crippen LogP contribution < -0.4 is 0 Å². The average Bonchev–Trinajstić information content (AvgIpc) is 3.18. The lowest BCUT2D eigenvalue weighted by molar-refractivity contribution is -0.122. The molecule has 1 aliphatic heterocycles. The molecule has 1 fully saturated rings. The highest BCUT2D eigenvalue weighted by Crippen LogP contribution is 2.34. The first-order chi connectivity index (χ1) is 15.3. The fourth-order valence-electron chi connectivity index (χ4n) is 3.89. The van der Waals surface area contributed by atoms with Gasteiger partial charge in [-0.15, -0.1) is 0 Å². The van der Waals surface area contributed by atoms with E-state index < -0.39 is 0 Å². The van der Waals surface area contributed by atoms with Gasteiger partial charge in [0, 0.05) is 22.4 Å². The topological polar surface area (TPSA) is 42.3 Å². The fourth-order valence-corrected chi connectivity index (χ4v) is 5.08. The lowest BCUT2D eigenvalue weighted by Gasteiger charge is -2.12. The number of carbonyl (C=O) groups is 2. The Morgan fingerprint density at radius 3 is 2.53 bits per heavy atom. The predicted molar refractivity (Wildman–Crippen MR) is 130 cm³/mol. The molecule has 0 unspecified atom stereocenters. The number of halogens is 2. The molecule has 7 heteroatoms. The summed E-state index contributed by atoms with van der Waals surface area (Å²) in [6, 6.07) is 16.8. The molecule has 1 aromatic heterocycles. The molecule has 2 aromatic carbocycles. The molecule has 32 heavy (non-hydrogen) atoms. The molecule has 0 aliphatic carbocycles. The van der Waals surface area contributed by atoms with Crippen molar-refractivity contribution in [1.82, 2.24) is 9.47 Å². The number of aryl methyl sites for hydroxylation is 2. The second-order valence-electron chi connectivity index (χ2n) is 7.68. The number of hydrogen-bond donors (Lipinski definition) is 0. The highest BCUT2D eigenvalue weighted by Gasteiger charge is 2.34. The maximum atomic E-state index is 14.5. The molecule has 3 aromatic rings. The Balaban J connectivity index is 1.53. The van der Waals surface area contributed by atoms with Crippen LogP contribution in [0.5, 0.6) is 0 Å². The van der Waals surface area contributed by atoms with Crippen LogP contribution in [0.15, 0.2) is 64.0 Å². The summed E-state index contributed by atoms with van der Waals surface area (Å²) in [6.07, 6.45) is 3.26. The molecule has 2 amide bonds. The van der Waals surface area contributed by atoms with Crippen molar-refractivity contribution in [2.45, 2.75) is 26.7 Å².